The molecular weight excluding hydrogens is 224 g/mol. The number of carbonyl (C=O) groups excluding carboxylic acids is 1. The average Bonchev–Trinajstić information content (AvgIpc) is 2.82. The van der Waals surface area contributed by atoms with E-state index in [-0.39, 0.29) is 0 Å². The molecule has 18 heavy (non-hydrogen) atoms. The smallest absolute Gasteiger partial charge is 0.136 e. The lowest BCUT2D eigenvalue weighted by Gasteiger charge is -2.21. The van der Waals surface area contributed by atoms with E-state index in [4.69, 9.17) is 4.74 Å². The zero-order valence-electron chi connectivity index (χ0n) is 11.8. The molecule has 0 spiro atoms. The number of unbranched alkanes of at least 4 members (excludes halogenated alkanes) is 1. The number of carbonyl (C=O) groups is 1. The molecule has 0 aromatic heterocycles. The molecule has 0 aromatic carbocycles. The van der Waals surface area contributed by atoms with Gasteiger partial charge in [0.05, 0.1) is 0 Å². The van der Waals surface area contributed by atoms with E-state index in [2.05, 4.69) is 6.92 Å². The molecule has 1 saturated carbocycles. The van der Waals surface area contributed by atoms with Crippen molar-refractivity contribution in [1.82, 2.24) is 0 Å². The second kappa shape index (κ2) is 7.28. The van der Waals surface area contributed by atoms with Crippen molar-refractivity contribution in [2.75, 3.05) is 13.2 Å². The number of hydrogen-bond acceptors (Lipinski definition) is 2. The SMILES string of the molecule is CC1CCCC1C(=O)CCCCC1CCOCC1. The molecule has 2 atom stereocenters. The van der Waals surface area contributed by atoms with Gasteiger partial charge in [0, 0.05) is 25.6 Å². The molecule has 0 radical (unpaired) electrons. The highest BCUT2D eigenvalue weighted by Crippen LogP contribution is 2.33. The summed E-state index contributed by atoms with van der Waals surface area (Å²) in [5, 5.41) is 0. The fraction of sp³-hybridized carbons (Fsp3) is 0.938. The third kappa shape index (κ3) is 4.08. The van der Waals surface area contributed by atoms with Crippen LogP contribution in [0.1, 0.15) is 64.7 Å². The fourth-order valence-electron chi connectivity index (χ4n) is 3.58. The molecule has 2 heteroatoms. The Labute approximate surface area is 111 Å². The van der Waals surface area contributed by atoms with Gasteiger partial charge < -0.3 is 4.74 Å². The minimum Gasteiger partial charge on any atom is -0.381 e. The Morgan fingerprint density at radius 2 is 1.89 bits per heavy atom. The zero-order valence-corrected chi connectivity index (χ0v) is 11.8. The molecule has 104 valence electrons. The molecular formula is C16H28O2. The van der Waals surface area contributed by atoms with Crippen LogP contribution in [0.2, 0.25) is 0 Å². The van der Waals surface area contributed by atoms with Gasteiger partial charge in [0.1, 0.15) is 5.78 Å². The molecule has 1 heterocycles. The Bertz CT molecular complexity index is 256. The Kier molecular flexibility index (Phi) is 5.68. The molecule has 1 aliphatic heterocycles. The second-order valence-corrected chi connectivity index (χ2v) is 6.28. The average molecular weight is 252 g/mol. The summed E-state index contributed by atoms with van der Waals surface area (Å²) in [6, 6.07) is 0. The van der Waals surface area contributed by atoms with E-state index in [0.717, 1.165) is 38.4 Å². The first kappa shape index (κ1) is 14.0. The summed E-state index contributed by atoms with van der Waals surface area (Å²) in [5.41, 5.74) is 0. The van der Waals surface area contributed by atoms with E-state index in [1.54, 1.807) is 0 Å². The van der Waals surface area contributed by atoms with Gasteiger partial charge in [-0.3, -0.25) is 4.79 Å². The summed E-state index contributed by atoms with van der Waals surface area (Å²) < 4.78 is 5.37. The van der Waals surface area contributed by atoms with Crippen LogP contribution in [0.3, 0.4) is 0 Å². The highest BCUT2D eigenvalue weighted by atomic mass is 16.5. The zero-order chi connectivity index (χ0) is 12.8. The summed E-state index contributed by atoms with van der Waals surface area (Å²) in [6.07, 6.45) is 10.6. The first-order valence-electron chi connectivity index (χ1n) is 7.88. The van der Waals surface area contributed by atoms with Crippen LogP contribution in [-0.2, 0) is 9.53 Å². The van der Waals surface area contributed by atoms with Crippen LogP contribution in [0.25, 0.3) is 0 Å². The van der Waals surface area contributed by atoms with Gasteiger partial charge in [0.15, 0.2) is 0 Å². The maximum Gasteiger partial charge on any atom is 0.136 e. The minimum absolute atomic E-state index is 0.396. The Hall–Kier alpha value is -0.370. The molecule has 2 aliphatic rings. The van der Waals surface area contributed by atoms with E-state index >= 15 is 0 Å². The number of ketones is 1. The van der Waals surface area contributed by atoms with Crippen molar-refractivity contribution < 1.29 is 9.53 Å². The second-order valence-electron chi connectivity index (χ2n) is 6.28. The molecule has 0 aromatic rings. The van der Waals surface area contributed by atoms with Gasteiger partial charge >= 0.3 is 0 Å². The van der Waals surface area contributed by atoms with Crippen LogP contribution < -0.4 is 0 Å². The standard InChI is InChI=1S/C16H28O2/c1-13-5-4-7-15(13)16(17)8-3-2-6-14-9-11-18-12-10-14/h13-15H,2-12H2,1H3. The minimum atomic E-state index is 0.396. The van der Waals surface area contributed by atoms with Crippen LogP contribution in [0.15, 0.2) is 0 Å². The van der Waals surface area contributed by atoms with E-state index in [1.165, 1.54) is 38.5 Å². The Morgan fingerprint density at radius 3 is 2.56 bits per heavy atom. The highest BCUT2D eigenvalue weighted by Gasteiger charge is 2.28. The molecule has 2 nitrogen and oxygen atoms in total. The number of rotatable bonds is 6. The largest absolute Gasteiger partial charge is 0.381 e. The summed E-state index contributed by atoms with van der Waals surface area (Å²) in [6.45, 7) is 4.14. The first-order chi connectivity index (χ1) is 8.77. The highest BCUT2D eigenvalue weighted by molar-refractivity contribution is 5.81. The third-order valence-corrected chi connectivity index (χ3v) is 4.90. The van der Waals surface area contributed by atoms with Crippen molar-refractivity contribution in [3.8, 4) is 0 Å². The lowest BCUT2D eigenvalue weighted by molar-refractivity contribution is -0.123. The quantitative estimate of drug-likeness (QED) is 0.668. The van der Waals surface area contributed by atoms with Gasteiger partial charge in [-0.25, -0.2) is 0 Å². The molecule has 1 saturated heterocycles. The lowest BCUT2D eigenvalue weighted by Crippen LogP contribution is -2.17. The van der Waals surface area contributed by atoms with Gasteiger partial charge in [0.2, 0.25) is 0 Å². The maximum absolute atomic E-state index is 12.1. The third-order valence-electron chi connectivity index (χ3n) is 4.90. The molecule has 2 fully saturated rings. The summed E-state index contributed by atoms with van der Waals surface area (Å²) >= 11 is 0. The van der Waals surface area contributed by atoms with E-state index in [9.17, 15) is 4.79 Å². The topological polar surface area (TPSA) is 26.3 Å². The molecule has 0 N–H and O–H groups in total. The predicted octanol–water partition coefficient (Wildman–Crippen LogP) is 3.98. The van der Waals surface area contributed by atoms with Crippen LogP contribution in [0, 0.1) is 17.8 Å². The molecule has 1 aliphatic carbocycles. The van der Waals surface area contributed by atoms with Crippen molar-refractivity contribution >= 4 is 5.78 Å². The summed E-state index contributed by atoms with van der Waals surface area (Å²) in [5.74, 6) is 2.45. The van der Waals surface area contributed by atoms with Gasteiger partial charge in [0.25, 0.3) is 0 Å². The lowest BCUT2D eigenvalue weighted by atomic mass is 9.89. The van der Waals surface area contributed by atoms with Crippen molar-refractivity contribution in [1.29, 1.82) is 0 Å². The monoisotopic (exact) mass is 252 g/mol. The van der Waals surface area contributed by atoms with Crippen molar-refractivity contribution in [2.24, 2.45) is 17.8 Å². The maximum atomic E-state index is 12.1. The predicted molar refractivity (Wildman–Crippen MR) is 73.5 cm³/mol. The van der Waals surface area contributed by atoms with Crippen LogP contribution >= 0.6 is 0 Å². The van der Waals surface area contributed by atoms with Crippen molar-refractivity contribution in [3.63, 3.8) is 0 Å². The number of ether oxygens (including phenoxy) is 1. The number of Topliss-reactive ketones (excluding diaryl/α,β-unsaturated/α-hetero) is 1. The molecule has 2 rings (SSSR count). The van der Waals surface area contributed by atoms with Crippen molar-refractivity contribution in [3.05, 3.63) is 0 Å². The normalized spacial score (nSPS) is 29.6. The van der Waals surface area contributed by atoms with Crippen LogP contribution in [0.5, 0.6) is 0 Å². The Balaban J connectivity index is 1.56. The van der Waals surface area contributed by atoms with Gasteiger partial charge in [-0.2, -0.15) is 0 Å². The first-order valence-corrected chi connectivity index (χ1v) is 7.88. The number of hydrogen-bond donors (Lipinski definition) is 0. The van der Waals surface area contributed by atoms with E-state index < -0.39 is 0 Å². The summed E-state index contributed by atoms with van der Waals surface area (Å²) in [7, 11) is 0. The van der Waals surface area contributed by atoms with Gasteiger partial charge in [-0.1, -0.05) is 26.2 Å². The van der Waals surface area contributed by atoms with Gasteiger partial charge in [-0.15, -0.1) is 0 Å². The Morgan fingerprint density at radius 1 is 1.11 bits per heavy atom. The van der Waals surface area contributed by atoms with Crippen LogP contribution in [0.4, 0.5) is 0 Å². The fourth-order valence-corrected chi connectivity index (χ4v) is 3.58. The van der Waals surface area contributed by atoms with E-state index in [1.807, 2.05) is 0 Å². The van der Waals surface area contributed by atoms with Crippen LogP contribution in [-0.4, -0.2) is 19.0 Å². The van der Waals surface area contributed by atoms with Gasteiger partial charge in [-0.05, 0) is 43.9 Å². The van der Waals surface area contributed by atoms with E-state index in [0.29, 0.717) is 17.6 Å². The molecule has 2 unspecified atom stereocenters. The molecule has 0 bridgehead atoms. The summed E-state index contributed by atoms with van der Waals surface area (Å²) in [4.78, 5) is 12.1. The van der Waals surface area contributed by atoms with Crippen molar-refractivity contribution in [2.45, 2.75) is 64.7 Å². The molecule has 0 amide bonds.